The van der Waals surface area contributed by atoms with Crippen molar-refractivity contribution >= 4 is 28.2 Å². The molecule has 0 atom stereocenters. The van der Waals surface area contributed by atoms with Gasteiger partial charge in [-0.05, 0) is 28.1 Å². The Kier molecular flexibility index (Phi) is 2.77. The van der Waals surface area contributed by atoms with Crippen molar-refractivity contribution < 1.29 is 19.1 Å². The van der Waals surface area contributed by atoms with E-state index in [1.165, 1.54) is 6.07 Å². The van der Waals surface area contributed by atoms with E-state index in [1.54, 1.807) is 0 Å². The molecule has 0 unspecified atom stereocenters. The molecule has 3 nitrogen and oxygen atoms in total. The topological polar surface area (TPSA) is 54.4 Å². The summed E-state index contributed by atoms with van der Waals surface area (Å²) in [4.78, 5) is 20.8. The van der Waals surface area contributed by atoms with Crippen LogP contribution in [0.25, 0.3) is 0 Å². The van der Waals surface area contributed by atoms with Crippen molar-refractivity contribution in [3.63, 3.8) is 0 Å². The first-order chi connectivity index (χ1) is 6.07. The van der Waals surface area contributed by atoms with Crippen LogP contribution in [0.1, 0.15) is 20.7 Å². The highest BCUT2D eigenvalue weighted by molar-refractivity contribution is 9.10. The van der Waals surface area contributed by atoms with Crippen LogP contribution in [-0.2, 0) is 0 Å². The number of rotatable bonds is 2. The van der Waals surface area contributed by atoms with Crippen molar-refractivity contribution in [1.82, 2.24) is 0 Å². The minimum atomic E-state index is -1.40. The molecule has 1 N–H and O–H groups in total. The van der Waals surface area contributed by atoms with Gasteiger partial charge in [-0.2, -0.15) is 0 Å². The smallest absolute Gasteiger partial charge is 0.338 e. The molecule has 0 fully saturated rings. The summed E-state index contributed by atoms with van der Waals surface area (Å²) in [5.74, 6) is -2.41. The molecule has 0 saturated heterocycles. The van der Waals surface area contributed by atoms with Crippen LogP contribution >= 0.6 is 15.9 Å². The Morgan fingerprint density at radius 1 is 1.54 bits per heavy atom. The van der Waals surface area contributed by atoms with E-state index in [9.17, 15) is 14.0 Å². The second-order valence-electron chi connectivity index (χ2n) is 2.25. The van der Waals surface area contributed by atoms with Gasteiger partial charge in [-0.15, -0.1) is 0 Å². The van der Waals surface area contributed by atoms with Crippen LogP contribution in [0.4, 0.5) is 4.39 Å². The fourth-order valence-electron chi connectivity index (χ4n) is 0.843. The summed E-state index contributed by atoms with van der Waals surface area (Å²) in [5.41, 5.74) is -0.787. The van der Waals surface area contributed by atoms with Crippen molar-refractivity contribution in [2.24, 2.45) is 0 Å². The maximum Gasteiger partial charge on any atom is 0.338 e. The lowest BCUT2D eigenvalue weighted by Gasteiger charge is -2.01. The molecule has 1 aromatic carbocycles. The van der Waals surface area contributed by atoms with E-state index >= 15 is 0 Å². The number of carbonyl (C=O) groups excluding carboxylic acids is 1. The third-order valence-corrected chi connectivity index (χ3v) is 2.17. The fourth-order valence-corrected chi connectivity index (χ4v) is 1.24. The Bertz CT molecular complexity index is 376. The maximum absolute atomic E-state index is 13.1. The van der Waals surface area contributed by atoms with Crippen molar-refractivity contribution in [2.45, 2.75) is 0 Å². The minimum absolute atomic E-state index is 0.241. The Labute approximate surface area is 81.3 Å². The summed E-state index contributed by atoms with van der Waals surface area (Å²) in [7, 11) is 0. The molecule has 13 heavy (non-hydrogen) atoms. The van der Waals surface area contributed by atoms with Crippen molar-refractivity contribution in [2.75, 3.05) is 0 Å². The number of carboxylic acids is 1. The number of aromatic carboxylic acids is 1. The van der Waals surface area contributed by atoms with Crippen LogP contribution in [0.15, 0.2) is 16.6 Å². The van der Waals surface area contributed by atoms with Crippen molar-refractivity contribution in [1.29, 1.82) is 0 Å². The summed E-state index contributed by atoms with van der Waals surface area (Å²) in [5, 5.41) is 8.51. The van der Waals surface area contributed by atoms with Gasteiger partial charge >= 0.3 is 5.97 Å². The molecule has 0 amide bonds. The Morgan fingerprint density at radius 3 is 2.62 bits per heavy atom. The highest BCUT2D eigenvalue weighted by Gasteiger charge is 2.15. The minimum Gasteiger partial charge on any atom is -0.478 e. The Morgan fingerprint density at radius 2 is 2.15 bits per heavy atom. The summed E-state index contributed by atoms with van der Waals surface area (Å²) in [6, 6.07) is 2.41. The molecule has 0 heterocycles. The zero-order valence-corrected chi connectivity index (χ0v) is 7.84. The number of hydrogen-bond acceptors (Lipinski definition) is 2. The average molecular weight is 247 g/mol. The number of carboxylic acid groups (broad SMARTS) is 1. The second-order valence-corrected chi connectivity index (χ2v) is 3.10. The molecule has 68 valence electrons. The predicted octanol–water partition coefficient (Wildman–Crippen LogP) is 2.10. The summed E-state index contributed by atoms with van der Waals surface area (Å²) < 4.78 is 13.4. The summed E-state index contributed by atoms with van der Waals surface area (Å²) in [6.07, 6.45) is 0.270. The first-order valence-corrected chi connectivity index (χ1v) is 4.03. The number of benzene rings is 1. The van der Waals surface area contributed by atoms with Gasteiger partial charge in [0, 0.05) is 4.47 Å². The number of halogens is 2. The summed E-state index contributed by atoms with van der Waals surface area (Å²) in [6.45, 7) is 0. The van der Waals surface area contributed by atoms with Gasteiger partial charge in [0.1, 0.15) is 5.82 Å². The largest absolute Gasteiger partial charge is 0.478 e. The van der Waals surface area contributed by atoms with Gasteiger partial charge in [0.2, 0.25) is 0 Å². The zero-order valence-electron chi connectivity index (χ0n) is 6.25. The first-order valence-electron chi connectivity index (χ1n) is 3.24. The van der Waals surface area contributed by atoms with Crippen LogP contribution in [0, 0.1) is 5.82 Å². The lowest BCUT2D eigenvalue weighted by molar-refractivity contribution is 0.0692. The van der Waals surface area contributed by atoms with Crippen LogP contribution in [0.3, 0.4) is 0 Å². The number of carbonyl (C=O) groups is 2. The average Bonchev–Trinajstić information content (AvgIpc) is 2.04. The third-order valence-electron chi connectivity index (χ3n) is 1.47. The van der Waals surface area contributed by atoms with Gasteiger partial charge in [-0.1, -0.05) is 0 Å². The standard InChI is InChI=1S/C8H4BrFO3/c9-6-2-1-4(8(12)13)7(10)5(6)3-11/h1-3H,(H,12,13). The molecule has 0 aliphatic rings. The van der Waals surface area contributed by atoms with Crippen LogP contribution in [0.5, 0.6) is 0 Å². The maximum atomic E-state index is 13.1. The molecule has 0 radical (unpaired) electrons. The van der Waals surface area contributed by atoms with Crippen molar-refractivity contribution in [3.8, 4) is 0 Å². The lowest BCUT2D eigenvalue weighted by atomic mass is 10.1. The third kappa shape index (κ3) is 1.75. The SMILES string of the molecule is O=Cc1c(Br)ccc(C(=O)O)c1F. The molecule has 1 aromatic rings. The van der Waals surface area contributed by atoms with Crippen LogP contribution < -0.4 is 0 Å². The van der Waals surface area contributed by atoms with Crippen LogP contribution in [-0.4, -0.2) is 17.4 Å². The molecule has 0 aliphatic heterocycles. The molecular formula is C8H4BrFO3. The number of hydrogen-bond donors (Lipinski definition) is 1. The molecule has 0 bridgehead atoms. The van der Waals surface area contributed by atoms with E-state index in [0.29, 0.717) is 0 Å². The molecule has 0 saturated carbocycles. The van der Waals surface area contributed by atoms with E-state index in [4.69, 9.17) is 5.11 Å². The molecular weight excluding hydrogens is 243 g/mol. The highest BCUT2D eigenvalue weighted by Crippen LogP contribution is 2.21. The van der Waals surface area contributed by atoms with Gasteiger partial charge in [0.05, 0.1) is 11.1 Å². The summed E-state index contributed by atoms with van der Waals surface area (Å²) >= 11 is 2.93. The van der Waals surface area contributed by atoms with Crippen molar-refractivity contribution in [3.05, 3.63) is 33.5 Å². The van der Waals surface area contributed by atoms with Gasteiger partial charge in [-0.3, -0.25) is 4.79 Å². The van der Waals surface area contributed by atoms with Crippen LogP contribution in [0.2, 0.25) is 0 Å². The first kappa shape index (κ1) is 9.85. The Hall–Kier alpha value is -1.23. The predicted molar refractivity (Wildman–Crippen MR) is 46.4 cm³/mol. The van der Waals surface area contributed by atoms with Gasteiger partial charge in [-0.25, -0.2) is 9.18 Å². The molecule has 0 spiro atoms. The van der Waals surface area contributed by atoms with Gasteiger partial charge < -0.3 is 5.11 Å². The second kappa shape index (κ2) is 3.66. The molecule has 1 rings (SSSR count). The van der Waals surface area contributed by atoms with Gasteiger partial charge in [0.15, 0.2) is 6.29 Å². The monoisotopic (exact) mass is 246 g/mol. The highest BCUT2D eigenvalue weighted by atomic mass is 79.9. The van der Waals surface area contributed by atoms with E-state index in [1.807, 2.05) is 0 Å². The number of aldehydes is 1. The molecule has 0 aromatic heterocycles. The zero-order chi connectivity index (χ0) is 10.0. The van der Waals surface area contributed by atoms with E-state index < -0.39 is 17.3 Å². The Balaban J connectivity index is 3.44. The fraction of sp³-hybridized carbons (Fsp3) is 0. The van der Waals surface area contributed by atoms with E-state index in [2.05, 4.69) is 15.9 Å². The normalized spacial score (nSPS) is 9.69. The molecule has 0 aliphatic carbocycles. The van der Waals surface area contributed by atoms with E-state index in [0.717, 1.165) is 6.07 Å². The molecule has 5 heteroatoms. The lowest BCUT2D eigenvalue weighted by Crippen LogP contribution is -2.03. The van der Waals surface area contributed by atoms with Gasteiger partial charge in [0.25, 0.3) is 0 Å². The quantitative estimate of drug-likeness (QED) is 0.814. The van der Waals surface area contributed by atoms with E-state index in [-0.39, 0.29) is 16.3 Å².